The molecule has 1 aromatic carbocycles. The Labute approximate surface area is 146 Å². The molecule has 25 heavy (non-hydrogen) atoms. The van der Waals surface area contributed by atoms with Crippen LogP contribution in [-0.4, -0.2) is 39.9 Å². The molecule has 0 radical (unpaired) electrons. The van der Waals surface area contributed by atoms with Gasteiger partial charge in [0.25, 0.3) is 0 Å². The molecule has 1 fully saturated rings. The van der Waals surface area contributed by atoms with Gasteiger partial charge in [-0.05, 0) is 36.2 Å². The Morgan fingerprint density at radius 1 is 1.24 bits per heavy atom. The van der Waals surface area contributed by atoms with Gasteiger partial charge in [0.15, 0.2) is 0 Å². The zero-order valence-corrected chi connectivity index (χ0v) is 13.9. The second kappa shape index (κ2) is 7.79. The third kappa shape index (κ3) is 4.56. The summed E-state index contributed by atoms with van der Waals surface area (Å²) in [5.74, 6) is -0.179. The van der Waals surface area contributed by atoms with Crippen LogP contribution >= 0.6 is 0 Å². The van der Waals surface area contributed by atoms with Crippen LogP contribution in [0.25, 0.3) is 0 Å². The maximum absolute atomic E-state index is 12.3. The van der Waals surface area contributed by atoms with Crippen molar-refractivity contribution in [3.05, 3.63) is 59.9 Å². The number of phenols is 1. The Kier molecular flexibility index (Phi) is 5.28. The Morgan fingerprint density at radius 3 is 2.76 bits per heavy atom. The number of nitrogens with one attached hydrogen (secondary N) is 1. The molecule has 2 heterocycles. The van der Waals surface area contributed by atoms with Crippen LogP contribution in [0.2, 0.25) is 0 Å². The van der Waals surface area contributed by atoms with E-state index in [0.717, 1.165) is 11.3 Å². The number of hydrogen-bond donors (Lipinski definition) is 2. The average molecular weight is 339 g/mol. The second-order valence-corrected chi connectivity index (χ2v) is 6.20. The number of carbonyl (C=O) groups is 2. The first-order valence-corrected chi connectivity index (χ1v) is 8.35. The van der Waals surface area contributed by atoms with Gasteiger partial charge in [-0.25, -0.2) is 0 Å². The van der Waals surface area contributed by atoms with Crippen LogP contribution in [0.4, 0.5) is 0 Å². The molecule has 0 saturated carbocycles. The van der Waals surface area contributed by atoms with Gasteiger partial charge in [0.1, 0.15) is 5.75 Å². The third-order valence-corrected chi connectivity index (χ3v) is 4.31. The highest BCUT2D eigenvalue weighted by molar-refractivity contribution is 5.89. The highest BCUT2D eigenvalue weighted by Crippen LogP contribution is 2.20. The molecule has 0 bridgehead atoms. The monoisotopic (exact) mass is 339 g/mol. The third-order valence-electron chi connectivity index (χ3n) is 4.31. The summed E-state index contributed by atoms with van der Waals surface area (Å²) in [4.78, 5) is 30.3. The lowest BCUT2D eigenvalue weighted by molar-refractivity contribution is -0.129. The van der Waals surface area contributed by atoms with Crippen molar-refractivity contribution in [3.63, 3.8) is 0 Å². The zero-order valence-electron chi connectivity index (χ0n) is 13.9. The van der Waals surface area contributed by atoms with Gasteiger partial charge in [0, 0.05) is 25.7 Å². The van der Waals surface area contributed by atoms with Gasteiger partial charge in [0.05, 0.1) is 18.2 Å². The summed E-state index contributed by atoms with van der Waals surface area (Å²) < 4.78 is 0. The van der Waals surface area contributed by atoms with Gasteiger partial charge in [-0.1, -0.05) is 18.2 Å². The van der Waals surface area contributed by atoms with Gasteiger partial charge in [0.2, 0.25) is 11.8 Å². The van der Waals surface area contributed by atoms with Crippen LogP contribution in [0.1, 0.15) is 17.7 Å². The summed E-state index contributed by atoms with van der Waals surface area (Å²) in [6.45, 7) is 1.38. The van der Waals surface area contributed by atoms with Crippen molar-refractivity contribution in [2.24, 2.45) is 5.92 Å². The lowest BCUT2D eigenvalue weighted by Crippen LogP contribution is -2.34. The highest BCUT2D eigenvalue weighted by Gasteiger charge is 2.34. The molecule has 130 valence electrons. The van der Waals surface area contributed by atoms with Crippen molar-refractivity contribution in [2.45, 2.75) is 19.4 Å². The van der Waals surface area contributed by atoms with Crippen LogP contribution in [-0.2, 0) is 22.6 Å². The summed E-state index contributed by atoms with van der Waals surface area (Å²) in [6, 6.07) is 12.5. The van der Waals surface area contributed by atoms with Crippen molar-refractivity contribution < 1.29 is 14.7 Å². The maximum Gasteiger partial charge on any atom is 0.225 e. The number of pyridine rings is 1. The number of likely N-dealkylation sites (tertiary alicyclic amines) is 1. The Morgan fingerprint density at radius 2 is 2.04 bits per heavy atom. The van der Waals surface area contributed by atoms with Crippen LogP contribution in [0.3, 0.4) is 0 Å². The number of benzene rings is 1. The average Bonchev–Trinajstić information content (AvgIpc) is 2.98. The molecule has 0 aliphatic carbocycles. The van der Waals surface area contributed by atoms with Crippen molar-refractivity contribution in [1.82, 2.24) is 15.2 Å². The predicted octanol–water partition coefficient (Wildman–Crippen LogP) is 1.49. The zero-order chi connectivity index (χ0) is 17.6. The number of phenolic OH excluding ortho intramolecular Hbond substituents is 1. The number of nitrogens with zero attached hydrogens (tertiary/aromatic N) is 2. The largest absolute Gasteiger partial charge is 0.508 e. The summed E-state index contributed by atoms with van der Waals surface area (Å²) in [5.41, 5.74) is 1.86. The fraction of sp³-hybridized carbons (Fsp3) is 0.316. The second-order valence-electron chi connectivity index (χ2n) is 6.20. The molecule has 1 aliphatic rings. The van der Waals surface area contributed by atoms with E-state index in [1.807, 2.05) is 30.3 Å². The summed E-state index contributed by atoms with van der Waals surface area (Å²) in [7, 11) is 0. The lowest BCUT2D eigenvalue weighted by atomic mass is 10.1. The van der Waals surface area contributed by atoms with Gasteiger partial charge >= 0.3 is 0 Å². The molecule has 1 aromatic heterocycles. The lowest BCUT2D eigenvalue weighted by Gasteiger charge is -2.16. The topological polar surface area (TPSA) is 82.5 Å². The van der Waals surface area contributed by atoms with E-state index in [1.165, 1.54) is 0 Å². The first-order valence-electron chi connectivity index (χ1n) is 8.35. The van der Waals surface area contributed by atoms with Gasteiger partial charge in [-0.2, -0.15) is 0 Å². The van der Waals surface area contributed by atoms with Crippen molar-refractivity contribution >= 4 is 11.8 Å². The van der Waals surface area contributed by atoms with E-state index in [2.05, 4.69) is 10.3 Å². The predicted molar refractivity (Wildman–Crippen MR) is 92.6 cm³/mol. The van der Waals surface area contributed by atoms with Crippen molar-refractivity contribution in [1.29, 1.82) is 0 Å². The molecule has 0 unspecified atom stereocenters. The molecule has 3 rings (SSSR count). The van der Waals surface area contributed by atoms with Gasteiger partial charge in [-0.15, -0.1) is 0 Å². The van der Waals surface area contributed by atoms with E-state index >= 15 is 0 Å². The molecule has 1 atom stereocenters. The molecule has 1 aliphatic heterocycles. The summed E-state index contributed by atoms with van der Waals surface area (Å²) >= 11 is 0. The molecule has 6 heteroatoms. The Balaban J connectivity index is 1.46. The fourth-order valence-electron chi connectivity index (χ4n) is 2.92. The fourth-order valence-corrected chi connectivity index (χ4v) is 2.92. The minimum atomic E-state index is -0.309. The van der Waals surface area contributed by atoms with Gasteiger partial charge < -0.3 is 15.3 Å². The van der Waals surface area contributed by atoms with E-state index in [4.69, 9.17) is 0 Å². The first-order chi connectivity index (χ1) is 12.1. The number of aromatic nitrogens is 1. The Bertz CT molecular complexity index is 731. The Hall–Kier alpha value is -2.89. The quantitative estimate of drug-likeness (QED) is 0.835. The summed E-state index contributed by atoms with van der Waals surface area (Å²) in [6.07, 6.45) is 2.63. The number of aromatic hydroxyl groups is 1. The van der Waals surface area contributed by atoms with Crippen LogP contribution in [0, 0.1) is 5.92 Å². The standard InChI is InChI=1S/C19H21N3O3/c23-17-6-4-14(5-7-17)8-10-21-19(25)15-11-18(24)22(12-15)13-16-3-1-2-9-20-16/h1-7,9,15,23H,8,10-13H2,(H,21,25)/t15-/m1/s1. The highest BCUT2D eigenvalue weighted by atomic mass is 16.3. The molecule has 2 N–H and O–H groups in total. The van der Waals surface area contributed by atoms with Gasteiger partial charge in [-0.3, -0.25) is 14.6 Å². The first kappa shape index (κ1) is 17.0. The normalized spacial score (nSPS) is 16.9. The van der Waals surface area contributed by atoms with Crippen LogP contribution in [0.5, 0.6) is 5.75 Å². The number of carbonyl (C=O) groups excluding carboxylic acids is 2. The molecule has 2 amide bonds. The molecule has 2 aromatic rings. The minimum Gasteiger partial charge on any atom is -0.508 e. The molecule has 0 spiro atoms. The van der Waals surface area contributed by atoms with Crippen molar-refractivity contribution in [3.8, 4) is 5.75 Å². The molecular formula is C19H21N3O3. The molecule has 1 saturated heterocycles. The maximum atomic E-state index is 12.3. The van der Waals surface area contributed by atoms with E-state index < -0.39 is 0 Å². The number of hydrogen-bond acceptors (Lipinski definition) is 4. The summed E-state index contributed by atoms with van der Waals surface area (Å²) in [5, 5.41) is 12.2. The van der Waals surface area contributed by atoms with E-state index in [1.54, 1.807) is 23.2 Å². The van der Waals surface area contributed by atoms with Crippen molar-refractivity contribution in [2.75, 3.05) is 13.1 Å². The minimum absolute atomic E-state index is 0.00987. The SMILES string of the molecule is O=C(NCCc1ccc(O)cc1)[C@@H]1CC(=O)N(Cc2ccccn2)C1. The molecular weight excluding hydrogens is 318 g/mol. The molecule has 6 nitrogen and oxygen atoms in total. The number of amides is 2. The van der Waals surface area contributed by atoms with E-state index in [0.29, 0.717) is 26.1 Å². The van der Waals surface area contributed by atoms with Crippen LogP contribution < -0.4 is 5.32 Å². The van der Waals surface area contributed by atoms with E-state index in [9.17, 15) is 14.7 Å². The van der Waals surface area contributed by atoms with E-state index in [-0.39, 0.29) is 29.9 Å². The smallest absolute Gasteiger partial charge is 0.225 e. The van der Waals surface area contributed by atoms with Crippen LogP contribution in [0.15, 0.2) is 48.7 Å². The number of rotatable bonds is 6.